The van der Waals surface area contributed by atoms with E-state index in [0.717, 1.165) is 43.1 Å². The highest BCUT2D eigenvalue weighted by Crippen LogP contribution is 2.24. The second-order valence-corrected chi connectivity index (χ2v) is 6.96. The van der Waals surface area contributed by atoms with E-state index in [4.69, 9.17) is 11.6 Å². The number of hydrogen-bond acceptors (Lipinski definition) is 4. The van der Waals surface area contributed by atoms with E-state index in [1.54, 1.807) is 23.0 Å². The highest BCUT2D eigenvalue weighted by Gasteiger charge is 2.18. The average molecular weight is 382 g/mol. The van der Waals surface area contributed by atoms with Crippen LogP contribution in [0, 0.1) is 6.92 Å². The zero-order chi connectivity index (χ0) is 18.8. The van der Waals surface area contributed by atoms with E-state index in [1.165, 1.54) is 0 Å². The van der Waals surface area contributed by atoms with Gasteiger partial charge >= 0.3 is 0 Å². The summed E-state index contributed by atoms with van der Waals surface area (Å²) in [4.78, 5) is 19.3. The molecule has 1 N–H and O–H groups in total. The Morgan fingerprint density at radius 3 is 2.63 bits per heavy atom. The number of nitrogens with zero attached hydrogens (tertiary/aromatic N) is 4. The van der Waals surface area contributed by atoms with Crippen molar-refractivity contribution in [3.05, 3.63) is 65.1 Å². The van der Waals surface area contributed by atoms with E-state index in [0.29, 0.717) is 16.4 Å². The molecule has 7 heteroatoms. The zero-order valence-electron chi connectivity index (χ0n) is 15.0. The summed E-state index contributed by atoms with van der Waals surface area (Å²) in [5.41, 5.74) is 2.96. The number of carbonyl (C=O) groups excluding carboxylic acids is 1. The number of pyridine rings is 1. The van der Waals surface area contributed by atoms with E-state index >= 15 is 0 Å². The lowest BCUT2D eigenvalue weighted by Crippen LogP contribution is -2.20. The number of halogens is 1. The average Bonchev–Trinajstić information content (AvgIpc) is 3.33. The van der Waals surface area contributed by atoms with Gasteiger partial charge in [-0.15, -0.1) is 0 Å². The van der Waals surface area contributed by atoms with Crippen LogP contribution in [-0.4, -0.2) is 33.8 Å². The van der Waals surface area contributed by atoms with Crippen LogP contribution in [-0.2, 0) is 0 Å². The Balaban J connectivity index is 1.57. The molecule has 0 aliphatic carbocycles. The van der Waals surface area contributed by atoms with Gasteiger partial charge in [-0.2, -0.15) is 5.10 Å². The Morgan fingerprint density at radius 1 is 1.15 bits per heavy atom. The molecule has 1 amide bonds. The van der Waals surface area contributed by atoms with Gasteiger partial charge in [-0.3, -0.25) is 4.79 Å². The third kappa shape index (κ3) is 3.66. The number of benzene rings is 1. The number of rotatable bonds is 4. The van der Waals surface area contributed by atoms with Crippen LogP contribution in [0.3, 0.4) is 0 Å². The quantitative estimate of drug-likeness (QED) is 0.691. The molecule has 1 fully saturated rings. The minimum atomic E-state index is -0.226. The number of aromatic nitrogens is 3. The molecular formula is C20H20ClN5O. The predicted octanol–water partition coefficient (Wildman–Crippen LogP) is 4.08. The highest BCUT2D eigenvalue weighted by atomic mass is 35.5. The molecule has 0 spiro atoms. The van der Waals surface area contributed by atoms with Gasteiger partial charge in [0, 0.05) is 18.7 Å². The first kappa shape index (κ1) is 17.5. The molecule has 3 aromatic rings. The fourth-order valence-corrected chi connectivity index (χ4v) is 3.48. The van der Waals surface area contributed by atoms with E-state index < -0.39 is 0 Å². The Hall–Kier alpha value is -2.86. The van der Waals surface area contributed by atoms with Gasteiger partial charge in [0.25, 0.3) is 5.91 Å². The maximum atomic E-state index is 12.8. The molecule has 4 rings (SSSR count). The van der Waals surface area contributed by atoms with Crippen LogP contribution >= 0.6 is 11.6 Å². The van der Waals surface area contributed by atoms with E-state index in [2.05, 4.69) is 20.3 Å². The van der Waals surface area contributed by atoms with Gasteiger partial charge in [-0.05, 0) is 44.0 Å². The van der Waals surface area contributed by atoms with E-state index in [1.807, 2.05) is 37.3 Å². The van der Waals surface area contributed by atoms with Crippen molar-refractivity contribution in [3.63, 3.8) is 0 Å². The number of nitrogens with one attached hydrogen (secondary N) is 1. The SMILES string of the molecule is Cc1c(NC(=O)c2cc(Cl)nc(N3CCCC3)c2)cnn1-c1ccccc1. The summed E-state index contributed by atoms with van der Waals surface area (Å²) in [5, 5.41) is 7.64. The van der Waals surface area contributed by atoms with Crippen molar-refractivity contribution in [3.8, 4) is 5.69 Å². The Bertz CT molecular complexity index is 964. The van der Waals surface area contributed by atoms with Crippen molar-refractivity contribution in [1.82, 2.24) is 14.8 Å². The van der Waals surface area contributed by atoms with Crippen LogP contribution < -0.4 is 10.2 Å². The molecule has 0 atom stereocenters. The summed E-state index contributed by atoms with van der Waals surface area (Å²) in [6.45, 7) is 3.81. The monoisotopic (exact) mass is 381 g/mol. The lowest BCUT2D eigenvalue weighted by Gasteiger charge is -2.17. The summed E-state index contributed by atoms with van der Waals surface area (Å²) in [6, 6.07) is 13.2. The van der Waals surface area contributed by atoms with Crippen LogP contribution in [0.5, 0.6) is 0 Å². The van der Waals surface area contributed by atoms with Crippen LogP contribution in [0.15, 0.2) is 48.7 Å². The van der Waals surface area contributed by atoms with Gasteiger partial charge in [0.1, 0.15) is 11.0 Å². The molecule has 0 bridgehead atoms. The van der Waals surface area contributed by atoms with Gasteiger partial charge in [0.05, 0.1) is 23.3 Å². The van der Waals surface area contributed by atoms with Crippen LogP contribution in [0.1, 0.15) is 28.9 Å². The largest absolute Gasteiger partial charge is 0.357 e. The Morgan fingerprint density at radius 2 is 1.89 bits per heavy atom. The van der Waals surface area contributed by atoms with Crippen LogP contribution in [0.2, 0.25) is 5.15 Å². The second-order valence-electron chi connectivity index (χ2n) is 6.58. The summed E-state index contributed by atoms with van der Waals surface area (Å²) in [5.74, 6) is 0.525. The second kappa shape index (κ2) is 7.40. The zero-order valence-corrected chi connectivity index (χ0v) is 15.8. The summed E-state index contributed by atoms with van der Waals surface area (Å²) >= 11 is 6.16. The molecule has 1 aliphatic heterocycles. The van der Waals surface area contributed by atoms with Crippen LogP contribution in [0.4, 0.5) is 11.5 Å². The topological polar surface area (TPSA) is 63.1 Å². The lowest BCUT2D eigenvalue weighted by molar-refractivity contribution is 0.102. The van der Waals surface area contributed by atoms with Gasteiger partial charge in [0.15, 0.2) is 0 Å². The number of carbonyl (C=O) groups is 1. The smallest absolute Gasteiger partial charge is 0.256 e. The molecule has 0 radical (unpaired) electrons. The minimum absolute atomic E-state index is 0.226. The van der Waals surface area contributed by atoms with Crippen LogP contribution in [0.25, 0.3) is 5.69 Å². The third-order valence-corrected chi connectivity index (χ3v) is 4.93. The molecule has 6 nitrogen and oxygen atoms in total. The molecule has 0 saturated carbocycles. The van der Waals surface area contributed by atoms with Crippen molar-refractivity contribution < 1.29 is 4.79 Å². The first-order valence-electron chi connectivity index (χ1n) is 8.96. The number of hydrogen-bond donors (Lipinski definition) is 1. The van der Waals surface area contributed by atoms with Crippen molar-refractivity contribution in [2.24, 2.45) is 0 Å². The molecule has 3 heterocycles. The maximum Gasteiger partial charge on any atom is 0.256 e. The van der Waals surface area contributed by atoms with E-state index in [-0.39, 0.29) is 5.91 Å². The Labute approximate surface area is 162 Å². The maximum absolute atomic E-state index is 12.8. The number of para-hydroxylation sites is 1. The van der Waals surface area contributed by atoms with Crippen molar-refractivity contribution >= 4 is 29.0 Å². The lowest BCUT2D eigenvalue weighted by atomic mass is 10.2. The van der Waals surface area contributed by atoms with E-state index in [9.17, 15) is 4.79 Å². The molecule has 1 aromatic carbocycles. The highest BCUT2D eigenvalue weighted by molar-refractivity contribution is 6.30. The summed E-state index contributed by atoms with van der Waals surface area (Å²) in [6.07, 6.45) is 3.92. The fraction of sp³-hybridized carbons (Fsp3) is 0.250. The number of amides is 1. The Kier molecular flexibility index (Phi) is 4.81. The first-order chi connectivity index (χ1) is 13.1. The fourth-order valence-electron chi connectivity index (χ4n) is 3.28. The normalized spacial score (nSPS) is 13.8. The molecule has 138 valence electrons. The minimum Gasteiger partial charge on any atom is -0.357 e. The number of anilines is 2. The van der Waals surface area contributed by atoms with Gasteiger partial charge < -0.3 is 10.2 Å². The van der Waals surface area contributed by atoms with Gasteiger partial charge in [-0.1, -0.05) is 29.8 Å². The van der Waals surface area contributed by atoms with Gasteiger partial charge in [0.2, 0.25) is 0 Å². The molecule has 27 heavy (non-hydrogen) atoms. The standard InChI is InChI=1S/C20H20ClN5O/c1-14-17(13-22-26(14)16-7-3-2-4-8-16)23-20(27)15-11-18(21)24-19(12-15)25-9-5-6-10-25/h2-4,7-8,11-13H,5-6,9-10H2,1H3,(H,23,27). The third-order valence-electron chi connectivity index (χ3n) is 4.73. The molecule has 1 aliphatic rings. The molecule has 1 saturated heterocycles. The summed E-state index contributed by atoms with van der Waals surface area (Å²) < 4.78 is 1.80. The summed E-state index contributed by atoms with van der Waals surface area (Å²) in [7, 11) is 0. The van der Waals surface area contributed by atoms with Gasteiger partial charge in [-0.25, -0.2) is 9.67 Å². The molecule has 2 aromatic heterocycles. The molecule has 0 unspecified atom stereocenters. The molecular weight excluding hydrogens is 362 g/mol. The van der Waals surface area contributed by atoms with Crippen molar-refractivity contribution in [1.29, 1.82) is 0 Å². The predicted molar refractivity (Wildman–Crippen MR) is 107 cm³/mol. The van der Waals surface area contributed by atoms with Crippen molar-refractivity contribution in [2.45, 2.75) is 19.8 Å². The first-order valence-corrected chi connectivity index (χ1v) is 9.33. The van der Waals surface area contributed by atoms with Crippen molar-refractivity contribution in [2.75, 3.05) is 23.3 Å².